The maximum Gasteiger partial charge on any atom is 0.310 e. The minimum atomic E-state index is -0.252. The van der Waals surface area contributed by atoms with Gasteiger partial charge in [-0.25, -0.2) is 0 Å². The maximum absolute atomic E-state index is 11.0. The van der Waals surface area contributed by atoms with Crippen LogP contribution >= 0.6 is 0 Å². The van der Waals surface area contributed by atoms with E-state index in [4.69, 9.17) is 9.94 Å². The monoisotopic (exact) mass is 182 g/mol. The van der Waals surface area contributed by atoms with Crippen molar-refractivity contribution < 1.29 is 19.5 Å². The Morgan fingerprint density at radius 2 is 2.15 bits per heavy atom. The van der Waals surface area contributed by atoms with Crippen molar-refractivity contribution in [3.63, 3.8) is 0 Å². The number of carbonyl (C=O) groups is 1. The Kier molecular flexibility index (Phi) is 3.25. The van der Waals surface area contributed by atoms with E-state index in [-0.39, 0.29) is 12.4 Å². The molecule has 0 aliphatic rings. The minimum Gasteiger partial charge on any atom is -0.466 e. The third kappa shape index (κ3) is 3.11. The second kappa shape index (κ2) is 4.45. The van der Waals surface area contributed by atoms with Gasteiger partial charge >= 0.3 is 5.97 Å². The summed E-state index contributed by atoms with van der Waals surface area (Å²) in [6.45, 7) is 2.16. The molecule has 1 aromatic heterocycles. The SMILES string of the molecule is CCOC(=O)Cc1cc[n+](O)cc1. The molecule has 0 unspecified atom stereocenters. The lowest BCUT2D eigenvalue weighted by molar-refractivity contribution is -0.904. The highest BCUT2D eigenvalue weighted by Gasteiger charge is 2.05. The lowest BCUT2D eigenvalue weighted by Gasteiger charge is -1.99. The van der Waals surface area contributed by atoms with Crippen molar-refractivity contribution in [1.82, 2.24) is 0 Å². The van der Waals surface area contributed by atoms with Crippen molar-refractivity contribution in [2.75, 3.05) is 6.61 Å². The molecule has 0 aliphatic heterocycles. The van der Waals surface area contributed by atoms with Crippen LogP contribution in [-0.2, 0) is 16.0 Å². The Morgan fingerprint density at radius 3 is 2.69 bits per heavy atom. The number of rotatable bonds is 3. The summed E-state index contributed by atoms with van der Waals surface area (Å²) >= 11 is 0. The number of hydrogen-bond acceptors (Lipinski definition) is 3. The standard InChI is InChI=1S/C9H12NO3/c1-2-13-9(11)7-8-3-5-10(12)6-4-8/h3-6,12H,2,7H2,1H3/q+1. The molecule has 13 heavy (non-hydrogen) atoms. The van der Waals surface area contributed by atoms with E-state index < -0.39 is 0 Å². The largest absolute Gasteiger partial charge is 0.466 e. The molecule has 0 fully saturated rings. The molecule has 4 nitrogen and oxygen atoms in total. The van der Waals surface area contributed by atoms with E-state index in [9.17, 15) is 4.79 Å². The van der Waals surface area contributed by atoms with Crippen LogP contribution in [0.5, 0.6) is 0 Å². The Bertz CT molecular complexity index is 281. The summed E-state index contributed by atoms with van der Waals surface area (Å²) in [6.07, 6.45) is 3.18. The minimum absolute atomic E-state index is 0.245. The number of esters is 1. The summed E-state index contributed by atoms with van der Waals surface area (Å²) in [5.74, 6) is -0.252. The van der Waals surface area contributed by atoms with Crippen LogP contribution in [0.15, 0.2) is 24.5 Å². The number of pyridine rings is 1. The molecule has 1 aromatic rings. The van der Waals surface area contributed by atoms with E-state index in [0.29, 0.717) is 6.61 Å². The van der Waals surface area contributed by atoms with E-state index >= 15 is 0 Å². The van der Waals surface area contributed by atoms with Crippen LogP contribution in [0, 0.1) is 0 Å². The number of ether oxygens (including phenoxy) is 1. The lowest BCUT2D eigenvalue weighted by atomic mass is 10.2. The van der Waals surface area contributed by atoms with Crippen LogP contribution in [0.4, 0.5) is 0 Å². The van der Waals surface area contributed by atoms with Crippen molar-refractivity contribution in [2.45, 2.75) is 13.3 Å². The molecule has 70 valence electrons. The quantitative estimate of drug-likeness (QED) is 0.416. The molecule has 1 N–H and O–H groups in total. The van der Waals surface area contributed by atoms with Gasteiger partial charge in [0.05, 0.1) is 13.0 Å². The van der Waals surface area contributed by atoms with Gasteiger partial charge < -0.3 is 4.74 Å². The Morgan fingerprint density at radius 1 is 1.54 bits per heavy atom. The Labute approximate surface area is 76.3 Å². The first-order valence-corrected chi connectivity index (χ1v) is 4.07. The topological polar surface area (TPSA) is 50.4 Å². The van der Waals surface area contributed by atoms with Crippen LogP contribution in [-0.4, -0.2) is 17.8 Å². The number of nitrogens with zero attached hydrogens (tertiary/aromatic N) is 1. The van der Waals surface area contributed by atoms with E-state index in [0.717, 1.165) is 10.3 Å². The van der Waals surface area contributed by atoms with Gasteiger partial charge in [0.25, 0.3) is 0 Å². The molecule has 0 saturated heterocycles. The first-order chi connectivity index (χ1) is 6.22. The normalized spacial score (nSPS) is 9.62. The van der Waals surface area contributed by atoms with Gasteiger partial charge in [-0.1, -0.05) is 0 Å². The summed E-state index contributed by atoms with van der Waals surface area (Å²) in [5.41, 5.74) is 0.823. The highest BCUT2D eigenvalue weighted by atomic mass is 16.5. The van der Waals surface area contributed by atoms with Crippen molar-refractivity contribution >= 4 is 5.97 Å². The molecule has 0 bridgehead atoms. The van der Waals surface area contributed by atoms with E-state index in [1.807, 2.05) is 0 Å². The molecule has 0 aliphatic carbocycles. The van der Waals surface area contributed by atoms with Gasteiger partial charge in [0.2, 0.25) is 12.4 Å². The molecule has 0 radical (unpaired) electrons. The molecule has 4 heteroatoms. The molecule has 0 aromatic carbocycles. The highest BCUT2D eigenvalue weighted by Crippen LogP contribution is 1.97. The second-order valence-corrected chi connectivity index (χ2v) is 2.57. The van der Waals surface area contributed by atoms with Gasteiger partial charge in [-0.15, -0.1) is 0 Å². The average Bonchev–Trinajstić information content (AvgIpc) is 2.09. The number of carbonyl (C=O) groups excluding carboxylic acids is 1. The summed E-state index contributed by atoms with van der Waals surface area (Å²) in [7, 11) is 0. The van der Waals surface area contributed by atoms with E-state index in [2.05, 4.69) is 0 Å². The number of hydrogen-bond donors (Lipinski definition) is 1. The smallest absolute Gasteiger partial charge is 0.310 e. The first-order valence-electron chi connectivity index (χ1n) is 4.07. The Hall–Kier alpha value is -1.58. The van der Waals surface area contributed by atoms with Gasteiger partial charge in [-0.2, -0.15) is 0 Å². The molecule has 0 spiro atoms. The van der Waals surface area contributed by atoms with Crippen LogP contribution in [0.1, 0.15) is 12.5 Å². The zero-order chi connectivity index (χ0) is 9.68. The molecule has 1 rings (SSSR count). The lowest BCUT2D eigenvalue weighted by Crippen LogP contribution is -2.28. The fourth-order valence-corrected chi connectivity index (χ4v) is 0.946. The molecular weight excluding hydrogens is 170 g/mol. The fraction of sp³-hybridized carbons (Fsp3) is 0.333. The van der Waals surface area contributed by atoms with Crippen LogP contribution in [0.3, 0.4) is 0 Å². The maximum atomic E-state index is 11.0. The van der Waals surface area contributed by atoms with E-state index in [1.54, 1.807) is 19.1 Å². The predicted molar refractivity (Wildman–Crippen MR) is 44.2 cm³/mol. The van der Waals surface area contributed by atoms with Gasteiger partial charge in [-0.05, 0) is 12.5 Å². The molecule has 0 saturated carbocycles. The van der Waals surface area contributed by atoms with E-state index in [1.165, 1.54) is 12.4 Å². The van der Waals surface area contributed by atoms with Crippen molar-refractivity contribution in [1.29, 1.82) is 0 Å². The first kappa shape index (κ1) is 9.51. The number of aromatic nitrogens is 1. The van der Waals surface area contributed by atoms with Gasteiger partial charge in [-0.3, -0.25) is 10.0 Å². The van der Waals surface area contributed by atoms with Crippen molar-refractivity contribution in [3.05, 3.63) is 30.1 Å². The predicted octanol–water partition coefficient (Wildman–Crippen LogP) is 0.317. The molecular formula is C9H12NO3+. The van der Waals surface area contributed by atoms with Crippen LogP contribution in [0.2, 0.25) is 0 Å². The zero-order valence-corrected chi connectivity index (χ0v) is 7.43. The van der Waals surface area contributed by atoms with Gasteiger partial charge in [0.15, 0.2) is 0 Å². The van der Waals surface area contributed by atoms with Crippen LogP contribution < -0.4 is 4.73 Å². The highest BCUT2D eigenvalue weighted by molar-refractivity contribution is 5.72. The fourth-order valence-electron chi connectivity index (χ4n) is 0.946. The molecule has 0 atom stereocenters. The average molecular weight is 182 g/mol. The summed E-state index contributed by atoms with van der Waals surface area (Å²) < 4.78 is 5.69. The summed E-state index contributed by atoms with van der Waals surface area (Å²) in [6, 6.07) is 3.33. The van der Waals surface area contributed by atoms with Crippen molar-refractivity contribution in [3.8, 4) is 0 Å². The summed E-state index contributed by atoms with van der Waals surface area (Å²) in [4.78, 5) is 11.0. The Balaban J connectivity index is 2.54. The zero-order valence-electron chi connectivity index (χ0n) is 7.43. The summed E-state index contributed by atoms with van der Waals surface area (Å²) in [5, 5.41) is 8.89. The molecule has 1 heterocycles. The second-order valence-electron chi connectivity index (χ2n) is 2.57. The third-order valence-corrected chi connectivity index (χ3v) is 1.54. The molecule has 0 amide bonds. The van der Waals surface area contributed by atoms with Gasteiger partial charge in [0.1, 0.15) is 0 Å². The third-order valence-electron chi connectivity index (χ3n) is 1.54. The van der Waals surface area contributed by atoms with Crippen molar-refractivity contribution in [2.24, 2.45) is 0 Å². The van der Waals surface area contributed by atoms with Gasteiger partial charge in [0, 0.05) is 16.9 Å². The van der Waals surface area contributed by atoms with Crippen LogP contribution in [0.25, 0.3) is 0 Å².